The van der Waals surface area contributed by atoms with Gasteiger partial charge >= 0.3 is 0 Å². The van der Waals surface area contributed by atoms with E-state index in [0.717, 1.165) is 25.1 Å². The highest BCUT2D eigenvalue weighted by molar-refractivity contribution is 5.90. The van der Waals surface area contributed by atoms with Gasteiger partial charge in [-0.1, -0.05) is 33.6 Å². The van der Waals surface area contributed by atoms with Gasteiger partial charge in [0.2, 0.25) is 5.82 Å². The van der Waals surface area contributed by atoms with Crippen LogP contribution >= 0.6 is 0 Å². The Labute approximate surface area is 114 Å². The summed E-state index contributed by atoms with van der Waals surface area (Å²) >= 11 is 0. The number of hydrogen-bond acceptors (Lipinski definition) is 3. The van der Waals surface area contributed by atoms with Crippen molar-refractivity contribution in [2.75, 3.05) is 0 Å². The minimum atomic E-state index is -0.149. The lowest BCUT2D eigenvalue weighted by Gasteiger charge is -2.34. The molecular weight excluding hydrogens is 240 g/mol. The lowest BCUT2D eigenvalue weighted by atomic mass is 9.78. The molecule has 0 radical (unpaired) electrons. The SMILES string of the molecule is CCCc1nc(C(=O)NC2CCCC(C)C2C)n[nH]1. The van der Waals surface area contributed by atoms with Gasteiger partial charge in [-0.3, -0.25) is 9.89 Å². The number of aromatic amines is 1. The van der Waals surface area contributed by atoms with Crippen molar-refractivity contribution in [3.8, 4) is 0 Å². The summed E-state index contributed by atoms with van der Waals surface area (Å²) in [6.45, 7) is 6.55. The Morgan fingerprint density at radius 2 is 2.21 bits per heavy atom. The molecule has 2 N–H and O–H groups in total. The van der Waals surface area contributed by atoms with Crippen molar-refractivity contribution in [2.24, 2.45) is 11.8 Å². The molecule has 0 bridgehead atoms. The van der Waals surface area contributed by atoms with Crippen molar-refractivity contribution in [3.05, 3.63) is 11.6 Å². The van der Waals surface area contributed by atoms with Crippen LogP contribution in [0.5, 0.6) is 0 Å². The number of nitrogens with zero attached hydrogens (tertiary/aromatic N) is 2. The van der Waals surface area contributed by atoms with E-state index in [9.17, 15) is 4.79 Å². The molecule has 0 aliphatic heterocycles. The van der Waals surface area contributed by atoms with E-state index in [1.807, 2.05) is 0 Å². The summed E-state index contributed by atoms with van der Waals surface area (Å²) in [6.07, 6.45) is 5.33. The zero-order chi connectivity index (χ0) is 13.8. The Morgan fingerprint density at radius 3 is 2.95 bits per heavy atom. The minimum absolute atomic E-state index is 0.149. The van der Waals surface area contributed by atoms with Crippen LogP contribution in [0.25, 0.3) is 0 Å². The molecule has 1 fully saturated rings. The third kappa shape index (κ3) is 3.33. The lowest BCUT2D eigenvalue weighted by Crippen LogP contribution is -2.44. The molecule has 19 heavy (non-hydrogen) atoms. The Balaban J connectivity index is 1.95. The molecule has 106 valence electrons. The average molecular weight is 264 g/mol. The molecule has 1 aliphatic carbocycles. The molecular formula is C14H24N4O. The normalized spacial score (nSPS) is 27.2. The van der Waals surface area contributed by atoms with Crippen molar-refractivity contribution < 1.29 is 4.79 Å². The molecule has 1 heterocycles. The molecule has 3 unspecified atom stereocenters. The van der Waals surface area contributed by atoms with Crippen LogP contribution in [0.3, 0.4) is 0 Å². The Hall–Kier alpha value is -1.39. The smallest absolute Gasteiger partial charge is 0.291 e. The second-order valence-electron chi connectivity index (χ2n) is 5.70. The van der Waals surface area contributed by atoms with Gasteiger partial charge in [0.1, 0.15) is 5.82 Å². The van der Waals surface area contributed by atoms with E-state index >= 15 is 0 Å². The summed E-state index contributed by atoms with van der Waals surface area (Å²) < 4.78 is 0. The number of carbonyl (C=O) groups is 1. The Kier molecular flexibility index (Phi) is 4.56. The molecule has 5 heteroatoms. The molecule has 1 saturated carbocycles. The topological polar surface area (TPSA) is 70.7 Å². The maximum atomic E-state index is 12.1. The molecule has 0 spiro atoms. The summed E-state index contributed by atoms with van der Waals surface area (Å²) in [5, 5.41) is 9.91. The predicted molar refractivity (Wildman–Crippen MR) is 73.8 cm³/mol. The van der Waals surface area contributed by atoms with Crippen LogP contribution in [-0.4, -0.2) is 27.1 Å². The van der Waals surface area contributed by atoms with E-state index in [1.165, 1.54) is 12.8 Å². The molecule has 0 aromatic carbocycles. The Morgan fingerprint density at radius 1 is 1.42 bits per heavy atom. The summed E-state index contributed by atoms with van der Waals surface area (Å²) in [5.41, 5.74) is 0. The third-order valence-corrected chi connectivity index (χ3v) is 4.24. The monoisotopic (exact) mass is 264 g/mol. The fourth-order valence-corrected chi connectivity index (χ4v) is 2.76. The fraction of sp³-hybridized carbons (Fsp3) is 0.786. The van der Waals surface area contributed by atoms with E-state index in [-0.39, 0.29) is 17.8 Å². The highest BCUT2D eigenvalue weighted by Crippen LogP contribution is 2.29. The zero-order valence-corrected chi connectivity index (χ0v) is 12.1. The lowest BCUT2D eigenvalue weighted by molar-refractivity contribution is 0.0881. The molecule has 1 aromatic rings. The number of carbonyl (C=O) groups excluding carboxylic acids is 1. The van der Waals surface area contributed by atoms with Crippen molar-refractivity contribution in [2.45, 2.75) is 58.9 Å². The van der Waals surface area contributed by atoms with E-state index in [0.29, 0.717) is 11.8 Å². The number of aromatic nitrogens is 3. The van der Waals surface area contributed by atoms with Crippen LogP contribution < -0.4 is 5.32 Å². The number of amides is 1. The van der Waals surface area contributed by atoms with Crippen LogP contribution in [0.4, 0.5) is 0 Å². The van der Waals surface area contributed by atoms with Gasteiger partial charge in [0.25, 0.3) is 5.91 Å². The maximum absolute atomic E-state index is 12.1. The molecule has 0 saturated heterocycles. The fourth-order valence-electron chi connectivity index (χ4n) is 2.76. The van der Waals surface area contributed by atoms with Crippen molar-refractivity contribution in [3.63, 3.8) is 0 Å². The molecule has 2 rings (SSSR count). The highest BCUT2D eigenvalue weighted by atomic mass is 16.2. The van der Waals surface area contributed by atoms with Crippen molar-refractivity contribution >= 4 is 5.91 Å². The third-order valence-electron chi connectivity index (χ3n) is 4.24. The minimum Gasteiger partial charge on any atom is -0.346 e. The largest absolute Gasteiger partial charge is 0.346 e. The standard InChI is InChI=1S/C14H24N4O/c1-4-6-12-16-13(18-17-12)14(19)15-11-8-5-7-9(2)10(11)3/h9-11H,4-8H2,1-3H3,(H,15,19)(H,16,17,18). The summed E-state index contributed by atoms with van der Waals surface area (Å²) in [5.74, 6) is 2.10. The second-order valence-corrected chi connectivity index (χ2v) is 5.70. The van der Waals surface area contributed by atoms with Crippen LogP contribution in [-0.2, 0) is 6.42 Å². The second kappa shape index (κ2) is 6.17. The van der Waals surface area contributed by atoms with Crippen LogP contribution in [0.15, 0.2) is 0 Å². The summed E-state index contributed by atoms with van der Waals surface area (Å²) in [4.78, 5) is 16.4. The van der Waals surface area contributed by atoms with Gasteiger partial charge in [0.05, 0.1) is 0 Å². The Bertz CT molecular complexity index is 429. The van der Waals surface area contributed by atoms with E-state index in [2.05, 4.69) is 41.3 Å². The first-order chi connectivity index (χ1) is 9.11. The summed E-state index contributed by atoms with van der Waals surface area (Å²) in [7, 11) is 0. The first kappa shape index (κ1) is 14.0. The number of hydrogen-bond donors (Lipinski definition) is 2. The quantitative estimate of drug-likeness (QED) is 0.876. The zero-order valence-electron chi connectivity index (χ0n) is 12.1. The van der Waals surface area contributed by atoms with Gasteiger partial charge < -0.3 is 5.32 Å². The summed E-state index contributed by atoms with van der Waals surface area (Å²) in [6, 6.07) is 0.254. The van der Waals surface area contributed by atoms with Crippen LogP contribution in [0, 0.1) is 11.8 Å². The van der Waals surface area contributed by atoms with Gasteiger partial charge in [-0.2, -0.15) is 0 Å². The molecule has 5 nitrogen and oxygen atoms in total. The van der Waals surface area contributed by atoms with E-state index in [1.54, 1.807) is 0 Å². The van der Waals surface area contributed by atoms with Gasteiger partial charge in [-0.25, -0.2) is 4.98 Å². The number of aryl methyl sites for hydroxylation is 1. The van der Waals surface area contributed by atoms with Crippen LogP contribution in [0.1, 0.15) is 62.9 Å². The number of rotatable bonds is 4. The van der Waals surface area contributed by atoms with Gasteiger partial charge in [-0.05, 0) is 24.7 Å². The predicted octanol–water partition coefficient (Wildman–Crippen LogP) is 2.31. The molecule has 1 aromatic heterocycles. The van der Waals surface area contributed by atoms with Gasteiger partial charge in [0, 0.05) is 12.5 Å². The first-order valence-electron chi connectivity index (χ1n) is 7.34. The van der Waals surface area contributed by atoms with Crippen molar-refractivity contribution in [1.29, 1.82) is 0 Å². The van der Waals surface area contributed by atoms with Gasteiger partial charge in [-0.15, -0.1) is 5.10 Å². The molecule has 1 aliphatic rings. The number of nitrogens with one attached hydrogen (secondary N) is 2. The molecule has 1 amide bonds. The van der Waals surface area contributed by atoms with E-state index in [4.69, 9.17) is 0 Å². The highest BCUT2D eigenvalue weighted by Gasteiger charge is 2.29. The maximum Gasteiger partial charge on any atom is 0.291 e. The first-order valence-corrected chi connectivity index (χ1v) is 7.34. The van der Waals surface area contributed by atoms with Crippen molar-refractivity contribution in [1.82, 2.24) is 20.5 Å². The van der Waals surface area contributed by atoms with Crippen LogP contribution in [0.2, 0.25) is 0 Å². The molecule has 3 atom stereocenters. The average Bonchev–Trinajstić information content (AvgIpc) is 2.84. The van der Waals surface area contributed by atoms with E-state index < -0.39 is 0 Å². The van der Waals surface area contributed by atoms with Gasteiger partial charge in [0.15, 0.2) is 0 Å². The number of H-pyrrole nitrogens is 1.